The summed E-state index contributed by atoms with van der Waals surface area (Å²) in [7, 11) is 0. The zero-order chi connectivity index (χ0) is 13.8. The molecule has 4 N–H and O–H groups in total. The van der Waals surface area contributed by atoms with Crippen LogP contribution in [0.1, 0.15) is 58.8 Å². The summed E-state index contributed by atoms with van der Waals surface area (Å²) >= 11 is 0. The van der Waals surface area contributed by atoms with Gasteiger partial charge in [-0.15, -0.1) is 0 Å². The van der Waals surface area contributed by atoms with Gasteiger partial charge in [-0.2, -0.15) is 0 Å². The van der Waals surface area contributed by atoms with Crippen molar-refractivity contribution < 1.29 is 10.0 Å². The van der Waals surface area contributed by atoms with Crippen LogP contribution in [-0.4, -0.2) is 29.4 Å². The van der Waals surface area contributed by atoms with E-state index < -0.39 is 6.04 Å². The van der Waals surface area contributed by atoms with Crippen LogP contribution in [0.5, 0.6) is 0 Å². The fraction of sp³-hybridized carbons (Fsp3) is 0.846. The van der Waals surface area contributed by atoms with Crippen LogP contribution in [0.2, 0.25) is 0 Å². The summed E-state index contributed by atoms with van der Waals surface area (Å²) in [4.78, 5) is 11.7. The molecule has 0 rings (SSSR count). The summed E-state index contributed by atoms with van der Waals surface area (Å²) in [6, 6.07) is -0.825. The minimum Gasteiger partial charge on any atom is -0.411 e. The van der Waals surface area contributed by atoms with Crippen molar-refractivity contribution in [2.24, 2.45) is 10.9 Å². The maximum atomic E-state index is 11.7. The van der Waals surface area contributed by atoms with Crippen LogP contribution in [0.15, 0.2) is 5.16 Å². The number of hydrogen-bond donors (Lipinski definition) is 3. The first-order valence-corrected chi connectivity index (χ1v) is 6.91. The highest BCUT2D eigenvalue weighted by atomic mass is 16.4. The first-order chi connectivity index (χ1) is 8.67. The second kappa shape index (κ2) is 11.0. The van der Waals surface area contributed by atoms with E-state index in [0.717, 1.165) is 38.5 Å². The lowest BCUT2D eigenvalue weighted by atomic mass is 10.0. The number of hydrogen-bond acceptors (Lipinski definition) is 4. The van der Waals surface area contributed by atoms with E-state index in [2.05, 4.69) is 24.3 Å². The van der Waals surface area contributed by atoms with Gasteiger partial charge in [0.05, 0.1) is 5.71 Å². The standard InChI is InChI=1S/C13H27N3O2/c1-3-5-7-9-11(16-18)12(14)13(17)15-10-8-6-4-2/h12,18H,3-10,14H2,1-2H3,(H,15,17). The molecule has 5 nitrogen and oxygen atoms in total. The minimum absolute atomic E-state index is 0.254. The number of nitrogens with zero attached hydrogens (tertiary/aromatic N) is 1. The molecule has 1 amide bonds. The third-order valence-electron chi connectivity index (χ3n) is 2.89. The first kappa shape index (κ1) is 16.9. The minimum atomic E-state index is -0.825. The summed E-state index contributed by atoms with van der Waals surface area (Å²) in [5, 5.41) is 14.8. The van der Waals surface area contributed by atoms with E-state index in [0.29, 0.717) is 18.7 Å². The number of oxime groups is 1. The second-order valence-electron chi connectivity index (χ2n) is 4.52. The molecule has 106 valence electrons. The zero-order valence-electron chi connectivity index (χ0n) is 11.6. The highest BCUT2D eigenvalue weighted by Gasteiger charge is 2.19. The molecule has 0 spiro atoms. The molecule has 0 aliphatic rings. The third-order valence-corrected chi connectivity index (χ3v) is 2.89. The summed E-state index contributed by atoms with van der Waals surface area (Å²) in [5.74, 6) is -0.254. The Hall–Kier alpha value is -1.10. The molecule has 1 atom stereocenters. The molecule has 0 aromatic carbocycles. The molecule has 5 heteroatoms. The van der Waals surface area contributed by atoms with Crippen LogP contribution in [0, 0.1) is 0 Å². The molecule has 0 aromatic heterocycles. The zero-order valence-corrected chi connectivity index (χ0v) is 11.6. The summed E-state index contributed by atoms with van der Waals surface area (Å²) in [6.07, 6.45) is 6.76. The highest BCUT2D eigenvalue weighted by Crippen LogP contribution is 2.03. The number of carbonyl (C=O) groups excluding carboxylic acids is 1. The van der Waals surface area contributed by atoms with Gasteiger partial charge in [0, 0.05) is 6.54 Å². The van der Waals surface area contributed by atoms with Crippen molar-refractivity contribution in [1.82, 2.24) is 5.32 Å². The molecule has 0 aliphatic carbocycles. The number of rotatable bonds is 10. The van der Waals surface area contributed by atoms with E-state index in [1.165, 1.54) is 0 Å². The average Bonchev–Trinajstić information content (AvgIpc) is 2.39. The molecule has 0 saturated heterocycles. The van der Waals surface area contributed by atoms with E-state index >= 15 is 0 Å². The summed E-state index contributed by atoms with van der Waals surface area (Å²) < 4.78 is 0. The Kier molecular flexibility index (Phi) is 10.3. The first-order valence-electron chi connectivity index (χ1n) is 6.91. The van der Waals surface area contributed by atoms with Gasteiger partial charge < -0.3 is 16.3 Å². The highest BCUT2D eigenvalue weighted by molar-refractivity contribution is 6.07. The Balaban J connectivity index is 4.00. The molecule has 0 radical (unpaired) electrons. The van der Waals surface area contributed by atoms with E-state index in [-0.39, 0.29) is 5.91 Å². The van der Waals surface area contributed by atoms with Gasteiger partial charge in [0.2, 0.25) is 5.91 Å². The fourth-order valence-electron chi connectivity index (χ4n) is 1.67. The van der Waals surface area contributed by atoms with Gasteiger partial charge in [-0.25, -0.2) is 0 Å². The number of carbonyl (C=O) groups is 1. The SMILES string of the molecule is CCCCCNC(=O)C(N)C(CCCCC)=NO. The lowest BCUT2D eigenvalue weighted by molar-refractivity contribution is -0.121. The third kappa shape index (κ3) is 7.27. The molecule has 0 aliphatic heterocycles. The van der Waals surface area contributed by atoms with E-state index in [1.807, 2.05) is 0 Å². The predicted molar refractivity (Wildman–Crippen MR) is 73.9 cm³/mol. The van der Waals surface area contributed by atoms with Crippen molar-refractivity contribution in [3.8, 4) is 0 Å². The Morgan fingerprint density at radius 2 is 1.83 bits per heavy atom. The number of amides is 1. The van der Waals surface area contributed by atoms with Crippen LogP contribution in [0.3, 0.4) is 0 Å². The maximum absolute atomic E-state index is 11.7. The van der Waals surface area contributed by atoms with Gasteiger partial charge in [-0.05, 0) is 19.3 Å². The smallest absolute Gasteiger partial charge is 0.242 e. The van der Waals surface area contributed by atoms with Gasteiger partial charge in [0.1, 0.15) is 6.04 Å². The van der Waals surface area contributed by atoms with Crippen LogP contribution in [-0.2, 0) is 4.79 Å². The van der Waals surface area contributed by atoms with Gasteiger partial charge in [0.25, 0.3) is 0 Å². The molecule has 1 unspecified atom stereocenters. The van der Waals surface area contributed by atoms with Crippen molar-refractivity contribution in [3.05, 3.63) is 0 Å². The Morgan fingerprint density at radius 3 is 2.39 bits per heavy atom. The fourth-order valence-corrected chi connectivity index (χ4v) is 1.67. The second-order valence-corrected chi connectivity index (χ2v) is 4.52. The molecule has 0 fully saturated rings. The van der Waals surface area contributed by atoms with Crippen LogP contribution < -0.4 is 11.1 Å². The molecular weight excluding hydrogens is 230 g/mol. The lowest BCUT2D eigenvalue weighted by Crippen LogP contribution is -2.46. The molecule has 0 aromatic rings. The number of unbranched alkanes of at least 4 members (excludes halogenated alkanes) is 4. The number of nitrogens with two attached hydrogens (primary N) is 1. The molecule has 18 heavy (non-hydrogen) atoms. The van der Waals surface area contributed by atoms with E-state index in [4.69, 9.17) is 10.9 Å². The van der Waals surface area contributed by atoms with Gasteiger partial charge in [-0.1, -0.05) is 44.7 Å². The largest absolute Gasteiger partial charge is 0.411 e. The Labute approximate surface area is 110 Å². The molecule has 0 heterocycles. The predicted octanol–water partition coefficient (Wildman–Crippen LogP) is 2.03. The Morgan fingerprint density at radius 1 is 1.22 bits per heavy atom. The van der Waals surface area contributed by atoms with Crippen molar-refractivity contribution in [1.29, 1.82) is 0 Å². The molecule has 0 saturated carbocycles. The molecule has 0 bridgehead atoms. The van der Waals surface area contributed by atoms with Crippen molar-refractivity contribution in [2.75, 3.05) is 6.54 Å². The molecular formula is C13H27N3O2. The van der Waals surface area contributed by atoms with Crippen molar-refractivity contribution >= 4 is 11.6 Å². The quantitative estimate of drug-likeness (QED) is 0.242. The Bertz CT molecular complexity index is 255. The van der Waals surface area contributed by atoms with Gasteiger partial charge in [0.15, 0.2) is 0 Å². The van der Waals surface area contributed by atoms with Crippen molar-refractivity contribution in [2.45, 2.75) is 64.8 Å². The van der Waals surface area contributed by atoms with E-state index in [9.17, 15) is 4.79 Å². The van der Waals surface area contributed by atoms with Gasteiger partial charge >= 0.3 is 0 Å². The monoisotopic (exact) mass is 257 g/mol. The summed E-state index contributed by atoms with van der Waals surface area (Å²) in [6.45, 7) is 4.84. The average molecular weight is 257 g/mol. The maximum Gasteiger partial charge on any atom is 0.242 e. The van der Waals surface area contributed by atoms with Crippen LogP contribution in [0.25, 0.3) is 0 Å². The van der Waals surface area contributed by atoms with Crippen LogP contribution >= 0.6 is 0 Å². The topological polar surface area (TPSA) is 87.7 Å². The van der Waals surface area contributed by atoms with Gasteiger partial charge in [-0.3, -0.25) is 4.79 Å². The summed E-state index contributed by atoms with van der Waals surface area (Å²) in [5.41, 5.74) is 6.14. The van der Waals surface area contributed by atoms with Crippen LogP contribution in [0.4, 0.5) is 0 Å². The number of nitrogens with one attached hydrogen (secondary N) is 1. The lowest BCUT2D eigenvalue weighted by Gasteiger charge is -2.13. The van der Waals surface area contributed by atoms with Crippen molar-refractivity contribution in [3.63, 3.8) is 0 Å². The normalized spacial score (nSPS) is 13.4. The van der Waals surface area contributed by atoms with E-state index in [1.54, 1.807) is 0 Å².